The van der Waals surface area contributed by atoms with Crippen molar-refractivity contribution >= 4 is 17.3 Å². The Morgan fingerprint density at radius 1 is 1.17 bits per heavy atom. The van der Waals surface area contributed by atoms with E-state index in [-0.39, 0.29) is 0 Å². The summed E-state index contributed by atoms with van der Waals surface area (Å²) in [6, 6.07) is 13.7. The van der Waals surface area contributed by atoms with Crippen LogP contribution in [0.3, 0.4) is 0 Å². The lowest BCUT2D eigenvalue weighted by Crippen LogP contribution is -1.96. The van der Waals surface area contributed by atoms with Gasteiger partial charge in [0.15, 0.2) is 0 Å². The van der Waals surface area contributed by atoms with Crippen LogP contribution in [-0.4, -0.2) is 15.8 Å². The average Bonchev–Trinajstić information content (AvgIpc) is 2.82. The number of aryl methyl sites for hydroxylation is 1. The third-order valence-electron chi connectivity index (χ3n) is 3.07. The fraction of sp³-hybridized carbons (Fsp3) is 0.0667. The molecule has 0 unspecified atom stereocenters. The van der Waals surface area contributed by atoms with Crippen molar-refractivity contribution in [1.82, 2.24) is 9.55 Å². The molecule has 18 heavy (non-hydrogen) atoms. The number of imidazole rings is 1. The highest BCUT2D eigenvalue weighted by molar-refractivity contribution is 5.79. The monoisotopic (exact) mass is 236 g/mol. The Morgan fingerprint density at radius 2 is 2.00 bits per heavy atom. The summed E-state index contributed by atoms with van der Waals surface area (Å²) >= 11 is 0. The van der Waals surface area contributed by atoms with Crippen LogP contribution in [0.1, 0.15) is 15.9 Å². The molecule has 3 heteroatoms. The second kappa shape index (κ2) is 4.11. The molecule has 0 spiro atoms. The lowest BCUT2D eigenvalue weighted by Gasteiger charge is -2.08. The van der Waals surface area contributed by atoms with Crippen molar-refractivity contribution in [1.29, 1.82) is 0 Å². The molecule has 88 valence electrons. The second-order valence-corrected chi connectivity index (χ2v) is 4.27. The van der Waals surface area contributed by atoms with E-state index in [9.17, 15) is 4.79 Å². The summed E-state index contributed by atoms with van der Waals surface area (Å²) in [7, 11) is 0. The van der Waals surface area contributed by atoms with Gasteiger partial charge in [-0.15, -0.1) is 0 Å². The van der Waals surface area contributed by atoms with E-state index in [0.717, 1.165) is 28.6 Å². The Labute approximate surface area is 105 Å². The maximum absolute atomic E-state index is 10.7. The zero-order valence-electron chi connectivity index (χ0n) is 10.00. The Kier molecular flexibility index (Phi) is 2.45. The predicted octanol–water partition coefficient (Wildman–Crippen LogP) is 3.15. The van der Waals surface area contributed by atoms with Crippen LogP contribution < -0.4 is 0 Å². The topological polar surface area (TPSA) is 34.9 Å². The van der Waals surface area contributed by atoms with Gasteiger partial charge in [0.05, 0.1) is 16.7 Å². The van der Waals surface area contributed by atoms with Gasteiger partial charge in [-0.1, -0.05) is 12.1 Å². The number of rotatable bonds is 2. The third kappa shape index (κ3) is 1.61. The molecule has 0 saturated carbocycles. The van der Waals surface area contributed by atoms with E-state index in [0.29, 0.717) is 5.56 Å². The molecule has 0 aliphatic heterocycles. The molecule has 1 heterocycles. The number of aldehydes is 1. The van der Waals surface area contributed by atoms with E-state index in [1.165, 1.54) is 0 Å². The standard InChI is InChI=1S/C15H12N2O/c1-11-8-12(9-18)6-7-14(11)17-10-16-13-4-2-3-5-15(13)17/h2-10H,1H3. The first-order valence-corrected chi connectivity index (χ1v) is 5.78. The van der Waals surface area contributed by atoms with Crippen LogP contribution in [0.25, 0.3) is 16.7 Å². The number of carbonyl (C=O) groups excluding carboxylic acids is 1. The molecule has 0 fully saturated rings. The highest BCUT2D eigenvalue weighted by Crippen LogP contribution is 2.21. The summed E-state index contributed by atoms with van der Waals surface area (Å²) in [5.74, 6) is 0. The van der Waals surface area contributed by atoms with Crippen LogP contribution in [-0.2, 0) is 0 Å². The molecule has 3 rings (SSSR count). The third-order valence-corrected chi connectivity index (χ3v) is 3.07. The van der Waals surface area contributed by atoms with Gasteiger partial charge in [-0.05, 0) is 42.8 Å². The average molecular weight is 236 g/mol. The lowest BCUT2D eigenvalue weighted by molar-refractivity contribution is 0.112. The summed E-state index contributed by atoms with van der Waals surface area (Å²) in [4.78, 5) is 15.1. The summed E-state index contributed by atoms with van der Waals surface area (Å²) < 4.78 is 2.04. The van der Waals surface area contributed by atoms with Gasteiger partial charge in [0, 0.05) is 5.56 Å². The van der Waals surface area contributed by atoms with Crippen LogP contribution in [0.2, 0.25) is 0 Å². The van der Waals surface area contributed by atoms with Gasteiger partial charge >= 0.3 is 0 Å². The molecule has 3 aromatic rings. The molecular formula is C15H12N2O. The number of nitrogens with zero attached hydrogens (tertiary/aromatic N) is 2. The maximum atomic E-state index is 10.7. The van der Waals surface area contributed by atoms with E-state index < -0.39 is 0 Å². The quantitative estimate of drug-likeness (QED) is 0.641. The summed E-state index contributed by atoms with van der Waals surface area (Å²) in [6.07, 6.45) is 2.68. The number of para-hydroxylation sites is 2. The number of carbonyl (C=O) groups is 1. The van der Waals surface area contributed by atoms with Crippen LogP contribution in [0.5, 0.6) is 0 Å². The molecule has 2 aromatic carbocycles. The predicted molar refractivity (Wildman–Crippen MR) is 71.2 cm³/mol. The molecule has 0 bridgehead atoms. The fourth-order valence-corrected chi connectivity index (χ4v) is 2.17. The van der Waals surface area contributed by atoms with Crippen molar-refractivity contribution in [3.05, 3.63) is 59.9 Å². The maximum Gasteiger partial charge on any atom is 0.150 e. The van der Waals surface area contributed by atoms with Crippen molar-refractivity contribution in [3.8, 4) is 5.69 Å². The molecular weight excluding hydrogens is 224 g/mol. The van der Waals surface area contributed by atoms with Crippen molar-refractivity contribution in [2.45, 2.75) is 6.92 Å². The van der Waals surface area contributed by atoms with Crippen LogP contribution in [0, 0.1) is 6.92 Å². The number of aromatic nitrogens is 2. The fourth-order valence-electron chi connectivity index (χ4n) is 2.17. The smallest absolute Gasteiger partial charge is 0.150 e. The summed E-state index contributed by atoms with van der Waals surface area (Å²) in [6.45, 7) is 2.00. The van der Waals surface area contributed by atoms with Gasteiger partial charge in [0.2, 0.25) is 0 Å². The highest BCUT2D eigenvalue weighted by Gasteiger charge is 2.06. The first-order chi connectivity index (χ1) is 8.79. The van der Waals surface area contributed by atoms with Gasteiger partial charge in [-0.2, -0.15) is 0 Å². The first kappa shape index (κ1) is 10.7. The molecule has 1 aromatic heterocycles. The number of hydrogen-bond acceptors (Lipinski definition) is 2. The molecule has 0 radical (unpaired) electrons. The van der Waals surface area contributed by atoms with Gasteiger partial charge in [-0.25, -0.2) is 4.98 Å². The first-order valence-electron chi connectivity index (χ1n) is 5.78. The van der Waals surface area contributed by atoms with E-state index in [2.05, 4.69) is 4.98 Å². The Morgan fingerprint density at radius 3 is 2.78 bits per heavy atom. The van der Waals surface area contributed by atoms with Gasteiger partial charge in [-0.3, -0.25) is 9.36 Å². The summed E-state index contributed by atoms with van der Waals surface area (Å²) in [5.41, 5.74) is 4.84. The highest BCUT2D eigenvalue weighted by atomic mass is 16.1. The lowest BCUT2D eigenvalue weighted by atomic mass is 10.1. The van der Waals surface area contributed by atoms with Crippen molar-refractivity contribution < 1.29 is 4.79 Å². The van der Waals surface area contributed by atoms with E-state index >= 15 is 0 Å². The molecule has 3 nitrogen and oxygen atoms in total. The largest absolute Gasteiger partial charge is 0.299 e. The van der Waals surface area contributed by atoms with Crippen LogP contribution >= 0.6 is 0 Å². The minimum atomic E-state index is 0.695. The molecule has 0 atom stereocenters. The molecule has 0 saturated heterocycles. The van der Waals surface area contributed by atoms with Crippen LogP contribution in [0.4, 0.5) is 0 Å². The Bertz CT molecular complexity index is 728. The molecule has 0 aliphatic carbocycles. The van der Waals surface area contributed by atoms with Gasteiger partial charge < -0.3 is 0 Å². The van der Waals surface area contributed by atoms with Crippen LogP contribution in [0.15, 0.2) is 48.8 Å². The Hall–Kier alpha value is -2.42. The molecule has 0 amide bonds. The van der Waals surface area contributed by atoms with Gasteiger partial charge in [0.25, 0.3) is 0 Å². The Balaban J connectivity index is 2.23. The minimum Gasteiger partial charge on any atom is -0.299 e. The van der Waals surface area contributed by atoms with Crippen molar-refractivity contribution in [2.24, 2.45) is 0 Å². The zero-order chi connectivity index (χ0) is 12.5. The molecule has 0 N–H and O–H groups in total. The zero-order valence-corrected chi connectivity index (χ0v) is 10.00. The number of hydrogen-bond donors (Lipinski definition) is 0. The second-order valence-electron chi connectivity index (χ2n) is 4.27. The van der Waals surface area contributed by atoms with E-state index in [1.54, 1.807) is 0 Å². The number of benzene rings is 2. The molecule has 0 aliphatic rings. The van der Waals surface area contributed by atoms with Crippen molar-refractivity contribution in [3.63, 3.8) is 0 Å². The summed E-state index contributed by atoms with van der Waals surface area (Å²) in [5, 5.41) is 0. The number of fused-ring (bicyclic) bond motifs is 1. The van der Waals surface area contributed by atoms with Gasteiger partial charge in [0.1, 0.15) is 12.6 Å². The minimum absolute atomic E-state index is 0.695. The van der Waals surface area contributed by atoms with Crippen molar-refractivity contribution in [2.75, 3.05) is 0 Å². The SMILES string of the molecule is Cc1cc(C=O)ccc1-n1cnc2ccccc21. The van der Waals surface area contributed by atoms with E-state index in [4.69, 9.17) is 0 Å². The van der Waals surface area contributed by atoms with E-state index in [1.807, 2.05) is 60.3 Å². The normalized spacial score (nSPS) is 10.7.